The Labute approximate surface area is 185 Å². The van der Waals surface area contributed by atoms with Gasteiger partial charge in [0.05, 0.1) is 24.1 Å². The van der Waals surface area contributed by atoms with Crippen LogP contribution in [0.1, 0.15) is 54.4 Å². The number of anilines is 2. The predicted molar refractivity (Wildman–Crippen MR) is 127 cm³/mol. The van der Waals surface area contributed by atoms with Crippen molar-refractivity contribution in [2.45, 2.75) is 46.7 Å². The second-order valence-electron chi connectivity index (χ2n) is 7.65. The lowest BCUT2D eigenvalue weighted by atomic mass is 10.0. The minimum Gasteiger partial charge on any atom is -0.379 e. The minimum absolute atomic E-state index is 0.114. The van der Waals surface area contributed by atoms with E-state index in [4.69, 9.17) is 0 Å². The van der Waals surface area contributed by atoms with E-state index in [1.807, 2.05) is 31.2 Å². The molecule has 3 aromatic rings. The number of aromatic nitrogens is 2. The molecule has 6 heteroatoms. The third-order valence-electron chi connectivity index (χ3n) is 5.43. The van der Waals surface area contributed by atoms with E-state index in [1.165, 1.54) is 12.0 Å². The van der Waals surface area contributed by atoms with Crippen molar-refractivity contribution in [3.05, 3.63) is 77.1 Å². The number of nitrogens with zero attached hydrogens (tertiary/aromatic N) is 2. The molecule has 0 atom stereocenters. The van der Waals surface area contributed by atoms with E-state index in [1.54, 1.807) is 6.20 Å². The molecule has 6 nitrogen and oxygen atoms in total. The summed E-state index contributed by atoms with van der Waals surface area (Å²) in [5.74, 6) is -0.114. The lowest BCUT2D eigenvalue weighted by molar-refractivity contribution is 0.102. The molecule has 2 aromatic carbocycles. The summed E-state index contributed by atoms with van der Waals surface area (Å²) in [4.78, 5) is 15.2. The summed E-state index contributed by atoms with van der Waals surface area (Å²) < 4.78 is 0. The van der Waals surface area contributed by atoms with Crippen molar-refractivity contribution < 1.29 is 4.79 Å². The van der Waals surface area contributed by atoms with Gasteiger partial charge in [-0.1, -0.05) is 51.1 Å². The molecule has 31 heavy (non-hydrogen) atoms. The third kappa shape index (κ3) is 6.18. The van der Waals surface area contributed by atoms with Crippen molar-refractivity contribution in [3.63, 3.8) is 0 Å². The summed E-state index contributed by atoms with van der Waals surface area (Å²) in [7, 11) is 0. The molecule has 1 heterocycles. The van der Waals surface area contributed by atoms with Gasteiger partial charge in [0.2, 0.25) is 0 Å². The molecule has 3 N–H and O–H groups in total. The zero-order valence-electron chi connectivity index (χ0n) is 18.7. The van der Waals surface area contributed by atoms with Crippen LogP contribution in [0.25, 0.3) is 0 Å². The summed E-state index contributed by atoms with van der Waals surface area (Å²) >= 11 is 0. The number of H-pyrrole nitrogens is 1. The average Bonchev–Trinajstić information content (AvgIpc) is 3.25. The normalized spacial score (nSPS) is 11.0. The molecule has 0 radical (unpaired) electrons. The van der Waals surface area contributed by atoms with Gasteiger partial charge in [-0.25, -0.2) is 0 Å². The van der Waals surface area contributed by atoms with Crippen molar-refractivity contribution in [2.24, 2.45) is 0 Å². The Balaban J connectivity index is 1.59. The Morgan fingerprint density at radius 1 is 1.06 bits per heavy atom. The first-order chi connectivity index (χ1) is 15.1. The summed E-state index contributed by atoms with van der Waals surface area (Å²) in [5.41, 5.74) is 5.61. The molecule has 0 aliphatic heterocycles. The summed E-state index contributed by atoms with van der Waals surface area (Å²) in [6, 6.07) is 16.2. The molecule has 0 aliphatic rings. The highest BCUT2D eigenvalue weighted by Crippen LogP contribution is 2.18. The Bertz CT molecular complexity index is 964. The van der Waals surface area contributed by atoms with Crippen LogP contribution in [0.5, 0.6) is 0 Å². The maximum absolute atomic E-state index is 12.7. The molecule has 0 saturated heterocycles. The van der Waals surface area contributed by atoms with Gasteiger partial charge in [-0.3, -0.25) is 14.8 Å². The summed E-state index contributed by atoms with van der Waals surface area (Å²) in [6.45, 7) is 10.2. The number of nitrogens with one attached hydrogen (secondary N) is 3. The van der Waals surface area contributed by atoms with Crippen LogP contribution in [0.3, 0.4) is 0 Å². The van der Waals surface area contributed by atoms with Crippen molar-refractivity contribution in [2.75, 3.05) is 23.7 Å². The van der Waals surface area contributed by atoms with Crippen LogP contribution in [0.4, 0.5) is 11.4 Å². The standard InChI is InChI=1S/C25H33N5O/c1-4-15-30(6-3)18-19-11-13-21(14-12-19)26-16-24-23(17-27-29-24)28-25(31)22-10-8-7-9-20(22)5-2/h7-14,17,26H,4-6,15-16,18H2,1-3H3,(H,27,29)(H,28,31). The van der Waals surface area contributed by atoms with Crippen molar-refractivity contribution in [1.29, 1.82) is 0 Å². The van der Waals surface area contributed by atoms with E-state index >= 15 is 0 Å². The van der Waals surface area contributed by atoms with E-state index in [0.29, 0.717) is 17.8 Å². The molecule has 1 aromatic heterocycles. The molecule has 0 bridgehead atoms. The first kappa shape index (κ1) is 22.6. The number of hydrogen-bond donors (Lipinski definition) is 3. The summed E-state index contributed by atoms with van der Waals surface area (Å²) in [5, 5.41) is 13.5. The molecule has 1 amide bonds. The highest BCUT2D eigenvalue weighted by Gasteiger charge is 2.13. The van der Waals surface area contributed by atoms with Crippen molar-refractivity contribution in [3.8, 4) is 0 Å². The smallest absolute Gasteiger partial charge is 0.256 e. The Morgan fingerprint density at radius 3 is 2.55 bits per heavy atom. The number of hydrogen-bond acceptors (Lipinski definition) is 4. The zero-order valence-corrected chi connectivity index (χ0v) is 18.7. The SMILES string of the molecule is CCCN(CC)Cc1ccc(NCc2[nH]ncc2NC(=O)c2ccccc2CC)cc1. The quantitative estimate of drug-likeness (QED) is 0.406. The molecule has 0 unspecified atom stereocenters. The van der Waals surface area contributed by atoms with Crippen LogP contribution in [-0.4, -0.2) is 34.1 Å². The largest absolute Gasteiger partial charge is 0.379 e. The highest BCUT2D eigenvalue weighted by molar-refractivity contribution is 6.05. The molecular formula is C25H33N5O. The average molecular weight is 420 g/mol. The zero-order chi connectivity index (χ0) is 22.1. The Hall–Kier alpha value is -3.12. The fourth-order valence-corrected chi connectivity index (χ4v) is 3.64. The fourth-order valence-electron chi connectivity index (χ4n) is 3.64. The molecule has 0 spiro atoms. The number of carbonyl (C=O) groups is 1. The predicted octanol–water partition coefficient (Wildman–Crippen LogP) is 5.07. The molecule has 0 saturated carbocycles. The summed E-state index contributed by atoms with van der Waals surface area (Å²) in [6.07, 6.45) is 3.63. The topological polar surface area (TPSA) is 73.1 Å². The van der Waals surface area contributed by atoms with Gasteiger partial charge in [0, 0.05) is 17.8 Å². The molecule has 3 rings (SSSR count). The van der Waals surface area contributed by atoms with E-state index < -0.39 is 0 Å². The lowest BCUT2D eigenvalue weighted by Gasteiger charge is -2.19. The number of benzene rings is 2. The second-order valence-corrected chi connectivity index (χ2v) is 7.65. The third-order valence-corrected chi connectivity index (χ3v) is 5.43. The monoisotopic (exact) mass is 419 g/mol. The highest BCUT2D eigenvalue weighted by atomic mass is 16.1. The molecule has 164 valence electrons. The first-order valence-electron chi connectivity index (χ1n) is 11.1. The van der Waals surface area contributed by atoms with Crippen LogP contribution in [0.15, 0.2) is 54.7 Å². The van der Waals surface area contributed by atoms with Gasteiger partial charge in [0.25, 0.3) is 5.91 Å². The van der Waals surface area contributed by atoms with E-state index in [9.17, 15) is 4.79 Å². The van der Waals surface area contributed by atoms with Crippen molar-refractivity contribution >= 4 is 17.3 Å². The van der Waals surface area contributed by atoms with Gasteiger partial charge in [-0.15, -0.1) is 0 Å². The maximum Gasteiger partial charge on any atom is 0.256 e. The van der Waals surface area contributed by atoms with Crippen LogP contribution in [0.2, 0.25) is 0 Å². The number of rotatable bonds is 11. The number of aromatic amines is 1. The molecule has 0 fully saturated rings. The second kappa shape index (κ2) is 11.3. The van der Waals surface area contributed by atoms with E-state index in [-0.39, 0.29) is 5.91 Å². The minimum atomic E-state index is -0.114. The fraction of sp³-hybridized carbons (Fsp3) is 0.360. The molecular weight excluding hydrogens is 386 g/mol. The Kier molecular flexibility index (Phi) is 8.24. The lowest BCUT2D eigenvalue weighted by Crippen LogP contribution is -2.23. The van der Waals surface area contributed by atoms with Gasteiger partial charge in [-0.2, -0.15) is 5.10 Å². The van der Waals surface area contributed by atoms with Gasteiger partial charge >= 0.3 is 0 Å². The van der Waals surface area contributed by atoms with Gasteiger partial charge < -0.3 is 10.6 Å². The first-order valence-corrected chi connectivity index (χ1v) is 11.1. The van der Waals surface area contributed by atoms with Crippen LogP contribution in [-0.2, 0) is 19.5 Å². The maximum atomic E-state index is 12.7. The number of amides is 1. The number of aryl methyl sites for hydroxylation is 1. The van der Waals surface area contributed by atoms with E-state index in [2.05, 4.69) is 63.8 Å². The van der Waals surface area contributed by atoms with Crippen LogP contribution >= 0.6 is 0 Å². The van der Waals surface area contributed by atoms with Gasteiger partial charge in [0.1, 0.15) is 0 Å². The van der Waals surface area contributed by atoms with Crippen LogP contribution in [0, 0.1) is 0 Å². The van der Waals surface area contributed by atoms with Crippen molar-refractivity contribution in [1.82, 2.24) is 15.1 Å². The molecule has 0 aliphatic carbocycles. The Morgan fingerprint density at radius 2 is 1.84 bits per heavy atom. The number of carbonyl (C=O) groups excluding carboxylic acids is 1. The van der Waals surface area contributed by atoms with Gasteiger partial charge in [-0.05, 0) is 55.3 Å². The van der Waals surface area contributed by atoms with Crippen LogP contribution < -0.4 is 10.6 Å². The van der Waals surface area contributed by atoms with E-state index in [0.717, 1.165) is 43.0 Å². The van der Waals surface area contributed by atoms with Gasteiger partial charge in [0.15, 0.2) is 0 Å².